The number of halogens is 1. The minimum atomic E-state index is -0.724. The van der Waals surface area contributed by atoms with Gasteiger partial charge in [0, 0.05) is 6.08 Å². The third-order valence-electron chi connectivity index (χ3n) is 2.38. The molecule has 1 unspecified atom stereocenters. The van der Waals surface area contributed by atoms with Gasteiger partial charge in [-0.2, -0.15) is 0 Å². The molecule has 0 spiro atoms. The molecule has 1 aliphatic carbocycles. The molecule has 0 bridgehead atoms. The van der Waals surface area contributed by atoms with Crippen LogP contribution in [-0.2, 0) is 14.3 Å². The predicted octanol–water partition coefficient (Wildman–Crippen LogP) is 1.50. The van der Waals surface area contributed by atoms with Crippen LogP contribution in [0.15, 0.2) is 40.8 Å². The molecule has 1 aliphatic heterocycles. The highest BCUT2D eigenvalue weighted by Gasteiger charge is 2.29. The first kappa shape index (κ1) is 11.4. The number of esters is 1. The van der Waals surface area contributed by atoms with Gasteiger partial charge in [-0.05, 0) is 25.2 Å². The lowest BCUT2D eigenvalue weighted by molar-refractivity contribution is -0.138. The molecule has 2 rings (SSSR count). The van der Waals surface area contributed by atoms with Crippen molar-refractivity contribution in [2.75, 3.05) is 6.61 Å². The van der Waals surface area contributed by atoms with Crippen molar-refractivity contribution in [3.8, 4) is 0 Å². The maximum absolute atomic E-state index is 13.0. The smallest absolute Gasteiger partial charge is 0.357 e. The molecule has 0 aromatic carbocycles. The van der Waals surface area contributed by atoms with Gasteiger partial charge in [0.15, 0.2) is 11.5 Å². The number of carbonyl (C=O) groups excluding carboxylic acids is 2. The van der Waals surface area contributed by atoms with E-state index in [1.165, 1.54) is 18.2 Å². The highest BCUT2D eigenvalue weighted by atomic mass is 19.1. The van der Waals surface area contributed by atoms with E-state index in [0.717, 1.165) is 6.08 Å². The fraction of sp³-hybridized carbons (Fsp3) is 0.250. The highest BCUT2D eigenvalue weighted by molar-refractivity contribution is 6.20. The largest absolute Gasteiger partial charge is 0.461 e. The number of hydrogen-bond acceptors (Lipinski definition) is 4. The van der Waals surface area contributed by atoms with Gasteiger partial charge in [-0.15, -0.1) is 0 Å². The van der Waals surface area contributed by atoms with Crippen molar-refractivity contribution in [2.24, 2.45) is 10.9 Å². The average Bonchev–Trinajstić information content (AvgIpc) is 2.30. The molecule has 4 nitrogen and oxygen atoms in total. The quantitative estimate of drug-likeness (QED) is 0.681. The molecule has 0 radical (unpaired) electrons. The SMILES string of the molecule is CCOC(=O)C1=CC(=O)C2C=C(F)C=CC2=N1. The molecule has 0 aromatic rings. The summed E-state index contributed by atoms with van der Waals surface area (Å²) in [5.74, 6) is -2.21. The number of aliphatic imine (C=N–C) groups is 1. The molecule has 0 N–H and O–H groups in total. The minimum Gasteiger partial charge on any atom is -0.461 e. The van der Waals surface area contributed by atoms with Crippen LogP contribution in [-0.4, -0.2) is 24.1 Å². The molecule has 17 heavy (non-hydrogen) atoms. The molecule has 5 heteroatoms. The summed E-state index contributed by atoms with van der Waals surface area (Å²) in [5.41, 5.74) is 0.324. The zero-order valence-electron chi connectivity index (χ0n) is 9.14. The van der Waals surface area contributed by atoms with Gasteiger partial charge in [0.2, 0.25) is 0 Å². The normalized spacial score (nSPS) is 22.4. The van der Waals surface area contributed by atoms with Gasteiger partial charge in [-0.1, -0.05) is 0 Å². The van der Waals surface area contributed by atoms with Gasteiger partial charge >= 0.3 is 5.97 Å². The van der Waals surface area contributed by atoms with Crippen LogP contribution < -0.4 is 0 Å². The number of rotatable bonds is 2. The van der Waals surface area contributed by atoms with E-state index in [1.54, 1.807) is 6.92 Å². The molecule has 0 fully saturated rings. The molecule has 0 saturated heterocycles. The molecule has 0 saturated carbocycles. The summed E-state index contributed by atoms with van der Waals surface area (Å²) in [6.45, 7) is 1.88. The van der Waals surface area contributed by atoms with Crippen molar-refractivity contribution in [1.82, 2.24) is 0 Å². The number of hydrogen-bond donors (Lipinski definition) is 0. The summed E-state index contributed by atoms with van der Waals surface area (Å²) >= 11 is 0. The first-order chi connectivity index (χ1) is 8.11. The van der Waals surface area contributed by atoms with Crippen LogP contribution in [0.4, 0.5) is 4.39 Å². The highest BCUT2D eigenvalue weighted by Crippen LogP contribution is 2.23. The van der Waals surface area contributed by atoms with Gasteiger partial charge in [0.05, 0.1) is 18.2 Å². The Labute approximate surface area is 97.2 Å². The van der Waals surface area contributed by atoms with E-state index in [-0.39, 0.29) is 18.1 Å². The first-order valence-corrected chi connectivity index (χ1v) is 5.18. The molecule has 1 atom stereocenters. The number of ketones is 1. The predicted molar refractivity (Wildman–Crippen MR) is 59.0 cm³/mol. The number of fused-ring (bicyclic) bond motifs is 1. The summed E-state index contributed by atoms with van der Waals surface area (Å²) in [6.07, 6.45) is 4.87. The lowest BCUT2D eigenvalue weighted by atomic mass is 9.91. The zero-order valence-corrected chi connectivity index (χ0v) is 9.14. The number of allylic oxidation sites excluding steroid dienone is 5. The second-order valence-electron chi connectivity index (χ2n) is 3.55. The molecular weight excluding hydrogens is 225 g/mol. The number of carbonyl (C=O) groups is 2. The summed E-state index contributed by atoms with van der Waals surface area (Å²) in [6, 6.07) is 0. The molecular formula is C12H10FNO3. The van der Waals surface area contributed by atoms with Crippen LogP contribution in [0.5, 0.6) is 0 Å². The summed E-state index contributed by atoms with van der Waals surface area (Å²) in [4.78, 5) is 27.1. The standard InChI is InChI=1S/C12H10FNO3/c1-2-17-12(16)10-6-11(15)8-5-7(13)3-4-9(8)14-10/h3-6,8H,2H2,1H3. The number of nitrogens with zero attached hydrogens (tertiary/aromatic N) is 1. The second kappa shape index (κ2) is 4.45. The van der Waals surface area contributed by atoms with Crippen molar-refractivity contribution in [1.29, 1.82) is 0 Å². The zero-order chi connectivity index (χ0) is 12.4. The Balaban J connectivity index is 2.29. The fourth-order valence-electron chi connectivity index (χ4n) is 1.61. The third-order valence-corrected chi connectivity index (χ3v) is 2.38. The van der Waals surface area contributed by atoms with E-state index in [1.807, 2.05) is 0 Å². The van der Waals surface area contributed by atoms with Gasteiger partial charge in [0.25, 0.3) is 0 Å². The fourth-order valence-corrected chi connectivity index (χ4v) is 1.61. The van der Waals surface area contributed by atoms with Crippen LogP contribution in [0.25, 0.3) is 0 Å². The maximum atomic E-state index is 13.0. The Morgan fingerprint density at radius 2 is 2.29 bits per heavy atom. The summed E-state index contributed by atoms with van der Waals surface area (Å²) in [5, 5.41) is 0. The van der Waals surface area contributed by atoms with Crippen molar-refractivity contribution in [2.45, 2.75) is 6.92 Å². The minimum absolute atomic E-state index is 0.0385. The van der Waals surface area contributed by atoms with E-state index in [2.05, 4.69) is 4.99 Å². The van der Waals surface area contributed by atoms with Crippen LogP contribution >= 0.6 is 0 Å². The van der Waals surface area contributed by atoms with Crippen LogP contribution in [0.1, 0.15) is 6.92 Å². The second-order valence-corrected chi connectivity index (χ2v) is 3.55. The van der Waals surface area contributed by atoms with E-state index < -0.39 is 17.7 Å². The van der Waals surface area contributed by atoms with Crippen molar-refractivity contribution >= 4 is 17.5 Å². The molecule has 0 amide bonds. The Hall–Kier alpha value is -2.04. The molecule has 2 aliphatic rings. The van der Waals surface area contributed by atoms with Crippen molar-refractivity contribution < 1.29 is 18.7 Å². The van der Waals surface area contributed by atoms with E-state index in [9.17, 15) is 14.0 Å². The molecule has 1 heterocycles. The lowest BCUT2D eigenvalue weighted by Crippen LogP contribution is -2.27. The Morgan fingerprint density at radius 1 is 1.53 bits per heavy atom. The lowest BCUT2D eigenvalue weighted by Gasteiger charge is -2.18. The van der Waals surface area contributed by atoms with Gasteiger partial charge in [0.1, 0.15) is 5.83 Å². The number of ether oxygens (including phenoxy) is 1. The third kappa shape index (κ3) is 2.22. The monoisotopic (exact) mass is 235 g/mol. The topological polar surface area (TPSA) is 55.7 Å². The van der Waals surface area contributed by atoms with Crippen LogP contribution in [0, 0.1) is 5.92 Å². The Bertz CT molecular complexity index is 500. The van der Waals surface area contributed by atoms with Gasteiger partial charge in [-0.3, -0.25) is 4.79 Å². The van der Waals surface area contributed by atoms with E-state index in [0.29, 0.717) is 5.71 Å². The molecule has 0 aromatic heterocycles. The van der Waals surface area contributed by atoms with Crippen LogP contribution in [0.3, 0.4) is 0 Å². The summed E-state index contributed by atoms with van der Waals surface area (Å²) < 4.78 is 17.7. The van der Waals surface area contributed by atoms with Crippen LogP contribution in [0.2, 0.25) is 0 Å². The molecule has 88 valence electrons. The van der Waals surface area contributed by atoms with E-state index in [4.69, 9.17) is 4.74 Å². The van der Waals surface area contributed by atoms with Crippen molar-refractivity contribution in [3.63, 3.8) is 0 Å². The Kier molecular flexibility index (Phi) is 2.99. The first-order valence-electron chi connectivity index (χ1n) is 5.18. The van der Waals surface area contributed by atoms with Gasteiger partial charge in [-0.25, -0.2) is 14.2 Å². The Morgan fingerprint density at radius 3 is 3.00 bits per heavy atom. The van der Waals surface area contributed by atoms with Gasteiger partial charge < -0.3 is 4.74 Å². The summed E-state index contributed by atoms with van der Waals surface area (Å²) in [7, 11) is 0. The van der Waals surface area contributed by atoms with Crippen molar-refractivity contribution in [3.05, 3.63) is 35.8 Å². The maximum Gasteiger partial charge on any atom is 0.357 e. The van der Waals surface area contributed by atoms with E-state index >= 15 is 0 Å². The average molecular weight is 235 g/mol.